The van der Waals surface area contributed by atoms with Crippen LogP contribution >= 0.6 is 11.6 Å². The lowest BCUT2D eigenvalue weighted by Crippen LogP contribution is -2.33. The van der Waals surface area contributed by atoms with E-state index in [0.29, 0.717) is 23.6 Å². The minimum Gasteiger partial charge on any atom is -0.380 e. The normalized spacial score (nSPS) is 24.3. The molecule has 0 unspecified atom stereocenters. The maximum Gasteiger partial charge on any atom is 0.391 e. The highest BCUT2D eigenvalue weighted by atomic mass is 35.5. The first-order chi connectivity index (χ1) is 8.86. The van der Waals surface area contributed by atoms with E-state index < -0.39 is 17.9 Å². The van der Waals surface area contributed by atoms with Gasteiger partial charge in [-0.3, -0.25) is 0 Å². The van der Waals surface area contributed by atoms with Crippen molar-refractivity contribution in [2.45, 2.75) is 37.9 Å². The molecule has 0 bridgehead atoms. The van der Waals surface area contributed by atoms with Gasteiger partial charge in [-0.25, -0.2) is 4.39 Å². The van der Waals surface area contributed by atoms with Crippen molar-refractivity contribution in [3.63, 3.8) is 0 Å². The maximum atomic E-state index is 13.5. The van der Waals surface area contributed by atoms with Crippen molar-refractivity contribution in [3.8, 4) is 0 Å². The molecule has 1 aliphatic rings. The molecule has 0 atom stereocenters. The van der Waals surface area contributed by atoms with Gasteiger partial charge >= 0.3 is 6.18 Å². The predicted molar refractivity (Wildman–Crippen MR) is 66.8 cm³/mol. The molecule has 1 fully saturated rings. The van der Waals surface area contributed by atoms with Gasteiger partial charge in [0.2, 0.25) is 0 Å². The van der Waals surface area contributed by atoms with Gasteiger partial charge in [0.25, 0.3) is 0 Å². The van der Waals surface area contributed by atoms with Crippen LogP contribution in [0.5, 0.6) is 0 Å². The fraction of sp³-hybridized carbons (Fsp3) is 0.538. The van der Waals surface area contributed by atoms with Gasteiger partial charge in [-0.1, -0.05) is 11.6 Å². The molecule has 0 spiro atoms. The maximum absolute atomic E-state index is 13.5. The Labute approximate surface area is 113 Å². The average molecular weight is 296 g/mol. The molecule has 0 radical (unpaired) electrons. The Hall–Kier alpha value is -0.970. The van der Waals surface area contributed by atoms with Gasteiger partial charge in [0.1, 0.15) is 5.82 Å². The van der Waals surface area contributed by atoms with E-state index in [4.69, 9.17) is 11.6 Å². The Morgan fingerprint density at radius 2 is 1.74 bits per heavy atom. The zero-order chi connectivity index (χ0) is 14.0. The predicted octanol–water partition coefficient (Wildman–Crippen LogP) is 5.01. The second-order valence-corrected chi connectivity index (χ2v) is 5.30. The first-order valence-corrected chi connectivity index (χ1v) is 6.52. The van der Waals surface area contributed by atoms with Crippen LogP contribution in [-0.2, 0) is 0 Å². The van der Waals surface area contributed by atoms with E-state index in [-0.39, 0.29) is 18.9 Å². The molecule has 0 heterocycles. The Morgan fingerprint density at radius 1 is 1.11 bits per heavy atom. The molecule has 1 aromatic rings. The van der Waals surface area contributed by atoms with Gasteiger partial charge < -0.3 is 5.32 Å². The summed E-state index contributed by atoms with van der Waals surface area (Å²) < 4.78 is 51.1. The molecule has 0 aromatic heterocycles. The number of alkyl halides is 3. The second-order valence-electron chi connectivity index (χ2n) is 4.86. The number of benzene rings is 1. The molecule has 1 nitrogen and oxygen atoms in total. The van der Waals surface area contributed by atoms with Crippen LogP contribution in [0.2, 0.25) is 5.02 Å². The van der Waals surface area contributed by atoms with E-state index in [1.54, 1.807) is 6.07 Å². The van der Waals surface area contributed by atoms with Crippen LogP contribution in [-0.4, -0.2) is 12.2 Å². The van der Waals surface area contributed by atoms with Crippen molar-refractivity contribution < 1.29 is 17.6 Å². The first kappa shape index (κ1) is 14.4. The molecule has 0 amide bonds. The van der Waals surface area contributed by atoms with Crippen molar-refractivity contribution in [3.05, 3.63) is 29.0 Å². The third-order valence-electron chi connectivity index (χ3n) is 3.48. The summed E-state index contributed by atoms with van der Waals surface area (Å²) in [5.74, 6) is -1.70. The van der Waals surface area contributed by atoms with E-state index in [1.165, 1.54) is 12.1 Å². The monoisotopic (exact) mass is 295 g/mol. The third kappa shape index (κ3) is 3.75. The molecule has 0 aliphatic heterocycles. The van der Waals surface area contributed by atoms with Gasteiger partial charge in [0.15, 0.2) is 0 Å². The number of hydrogen-bond acceptors (Lipinski definition) is 1. The summed E-state index contributed by atoms with van der Waals surface area (Å²) >= 11 is 5.64. The quantitative estimate of drug-likeness (QED) is 0.756. The zero-order valence-electron chi connectivity index (χ0n) is 10.1. The molecule has 106 valence electrons. The topological polar surface area (TPSA) is 12.0 Å². The van der Waals surface area contributed by atoms with Crippen LogP contribution in [0.25, 0.3) is 0 Å². The van der Waals surface area contributed by atoms with Gasteiger partial charge in [0, 0.05) is 11.1 Å². The molecule has 0 saturated heterocycles. The summed E-state index contributed by atoms with van der Waals surface area (Å²) in [6, 6.07) is 4.13. The van der Waals surface area contributed by atoms with Crippen LogP contribution in [0, 0.1) is 11.7 Å². The van der Waals surface area contributed by atoms with Crippen molar-refractivity contribution in [1.29, 1.82) is 0 Å². The first-order valence-electron chi connectivity index (χ1n) is 6.14. The van der Waals surface area contributed by atoms with E-state index in [9.17, 15) is 17.6 Å². The summed E-state index contributed by atoms with van der Waals surface area (Å²) in [4.78, 5) is 0. The molecule has 2 rings (SSSR count). The Balaban J connectivity index is 1.92. The summed E-state index contributed by atoms with van der Waals surface area (Å²) in [5, 5.41) is 3.24. The number of nitrogens with one attached hydrogen (secondary N) is 1. The highest BCUT2D eigenvalue weighted by Gasteiger charge is 2.41. The SMILES string of the molecule is Fc1cc(Cl)ccc1NC1CCC(C(F)(F)F)CC1. The van der Waals surface area contributed by atoms with Gasteiger partial charge in [-0.2, -0.15) is 13.2 Å². The molecule has 1 saturated carbocycles. The van der Waals surface area contributed by atoms with Crippen molar-refractivity contribution in [2.75, 3.05) is 5.32 Å². The standard InChI is InChI=1S/C13H14ClF4N/c14-9-3-6-12(11(15)7-9)19-10-4-1-8(2-5-10)13(16,17)18/h3,6-8,10,19H,1-2,4-5H2. The molecule has 6 heteroatoms. The van der Waals surface area contributed by atoms with Crippen molar-refractivity contribution in [1.82, 2.24) is 0 Å². The van der Waals surface area contributed by atoms with Gasteiger partial charge in [0.05, 0.1) is 11.6 Å². The number of rotatable bonds is 2. The fourth-order valence-corrected chi connectivity index (χ4v) is 2.55. The van der Waals surface area contributed by atoms with Crippen molar-refractivity contribution in [2.24, 2.45) is 5.92 Å². The Bertz CT molecular complexity index is 439. The minimum atomic E-state index is -4.11. The van der Waals surface area contributed by atoms with Crippen molar-refractivity contribution >= 4 is 17.3 Å². The fourth-order valence-electron chi connectivity index (χ4n) is 2.39. The average Bonchev–Trinajstić information content (AvgIpc) is 2.32. The molecule has 1 aliphatic carbocycles. The summed E-state index contributed by atoms with van der Waals surface area (Å²) in [6.07, 6.45) is -3.14. The number of anilines is 1. The summed E-state index contributed by atoms with van der Waals surface area (Å²) in [5.41, 5.74) is 0.292. The highest BCUT2D eigenvalue weighted by molar-refractivity contribution is 6.30. The van der Waals surface area contributed by atoms with Crippen LogP contribution in [0.4, 0.5) is 23.2 Å². The zero-order valence-corrected chi connectivity index (χ0v) is 10.9. The lowest BCUT2D eigenvalue weighted by Gasteiger charge is -2.30. The smallest absolute Gasteiger partial charge is 0.380 e. The Kier molecular flexibility index (Phi) is 4.23. The molecule has 19 heavy (non-hydrogen) atoms. The molecule has 1 aromatic carbocycles. The lowest BCUT2D eigenvalue weighted by molar-refractivity contribution is -0.182. The lowest BCUT2D eigenvalue weighted by atomic mass is 9.85. The van der Waals surface area contributed by atoms with Crippen LogP contribution < -0.4 is 5.32 Å². The van der Waals surface area contributed by atoms with Gasteiger partial charge in [-0.05, 0) is 43.9 Å². The van der Waals surface area contributed by atoms with E-state index in [2.05, 4.69) is 5.32 Å². The summed E-state index contributed by atoms with van der Waals surface area (Å²) in [7, 11) is 0. The van der Waals surface area contributed by atoms with E-state index >= 15 is 0 Å². The van der Waals surface area contributed by atoms with Crippen LogP contribution in [0.1, 0.15) is 25.7 Å². The number of halogens is 5. The summed E-state index contributed by atoms with van der Waals surface area (Å²) in [6.45, 7) is 0. The molecular weight excluding hydrogens is 282 g/mol. The van der Waals surface area contributed by atoms with Crippen LogP contribution in [0.3, 0.4) is 0 Å². The number of hydrogen-bond donors (Lipinski definition) is 1. The van der Waals surface area contributed by atoms with E-state index in [0.717, 1.165) is 0 Å². The second kappa shape index (κ2) is 5.57. The van der Waals surface area contributed by atoms with Crippen LogP contribution in [0.15, 0.2) is 18.2 Å². The molecular formula is C13H14ClF4N. The van der Waals surface area contributed by atoms with E-state index in [1.807, 2.05) is 0 Å². The minimum absolute atomic E-state index is 0.0936. The van der Waals surface area contributed by atoms with Gasteiger partial charge in [-0.15, -0.1) is 0 Å². The third-order valence-corrected chi connectivity index (χ3v) is 3.72. The molecule has 1 N–H and O–H groups in total. The highest BCUT2D eigenvalue weighted by Crippen LogP contribution is 2.38. The largest absolute Gasteiger partial charge is 0.391 e. The Morgan fingerprint density at radius 3 is 2.26 bits per heavy atom.